The van der Waals surface area contributed by atoms with Gasteiger partial charge in [0.15, 0.2) is 0 Å². The Bertz CT molecular complexity index is 861. The normalized spacial score (nSPS) is 21.2. The molecule has 0 fully saturated rings. The number of nitrogens with zero attached hydrogens (tertiary/aromatic N) is 2. The summed E-state index contributed by atoms with van der Waals surface area (Å²) in [6, 6.07) is 15.8. The maximum absolute atomic E-state index is 13.0. The van der Waals surface area contributed by atoms with Crippen molar-refractivity contribution in [1.29, 1.82) is 0 Å². The highest BCUT2D eigenvalue weighted by atomic mass is 16.2. The zero-order valence-electron chi connectivity index (χ0n) is 14.1. The van der Waals surface area contributed by atoms with Crippen LogP contribution in [0.15, 0.2) is 59.6 Å². The van der Waals surface area contributed by atoms with Crippen molar-refractivity contribution in [2.24, 2.45) is 16.5 Å². The van der Waals surface area contributed by atoms with Gasteiger partial charge in [0.2, 0.25) is 11.4 Å². The van der Waals surface area contributed by atoms with Crippen molar-refractivity contribution in [3.63, 3.8) is 0 Å². The second-order valence-electron chi connectivity index (χ2n) is 6.13. The highest BCUT2D eigenvalue weighted by Crippen LogP contribution is 2.30. The minimum atomic E-state index is -2.06. The van der Waals surface area contributed by atoms with Crippen molar-refractivity contribution in [2.75, 3.05) is 11.9 Å². The molecule has 2 aromatic rings. The number of hydrogen-bond acceptors (Lipinski definition) is 5. The van der Waals surface area contributed by atoms with Gasteiger partial charge in [-0.3, -0.25) is 15.3 Å². The molecule has 0 spiro atoms. The van der Waals surface area contributed by atoms with Crippen LogP contribution in [0.5, 0.6) is 0 Å². The zero-order chi connectivity index (χ0) is 18.2. The lowest BCUT2D eigenvalue weighted by Gasteiger charge is -2.27. The van der Waals surface area contributed by atoms with Crippen LogP contribution < -0.4 is 16.4 Å². The van der Waals surface area contributed by atoms with Crippen LogP contribution in [0, 0.1) is 0 Å². The van der Waals surface area contributed by atoms with E-state index < -0.39 is 23.4 Å². The Morgan fingerprint density at radius 3 is 2.36 bits per heavy atom. The highest BCUT2D eigenvalue weighted by molar-refractivity contribution is 6.26. The van der Waals surface area contributed by atoms with E-state index >= 15 is 0 Å². The van der Waals surface area contributed by atoms with E-state index in [1.807, 2.05) is 48.5 Å². The van der Waals surface area contributed by atoms with Crippen LogP contribution in [-0.4, -0.2) is 36.2 Å². The number of amides is 1. The molecule has 1 aliphatic rings. The molecule has 3 rings (SSSR count). The molecule has 0 aliphatic carbocycles. The fourth-order valence-corrected chi connectivity index (χ4v) is 2.94. The van der Waals surface area contributed by atoms with E-state index in [1.165, 1.54) is 11.8 Å². The Morgan fingerprint density at radius 2 is 1.72 bits per heavy atom. The number of aliphatic imine (C=N–C) groups is 1. The van der Waals surface area contributed by atoms with Crippen LogP contribution in [-0.2, 0) is 9.59 Å². The van der Waals surface area contributed by atoms with Gasteiger partial charge in [-0.05, 0) is 13.0 Å². The molecule has 1 unspecified atom stereocenters. The van der Waals surface area contributed by atoms with Gasteiger partial charge in [-0.15, -0.1) is 0 Å². The van der Waals surface area contributed by atoms with Crippen LogP contribution in [0.2, 0.25) is 0 Å². The summed E-state index contributed by atoms with van der Waals surface area (Å²) in [6.45, 7) is 1.50. The van der Waals surface area contributed by atoms with Gasteiger partial charge < -0.3 is 10.6 Å². The second-order valence-corrected chi connectivity index (χ2v) is 6.13. The molecule has 1 amide bonds. The maximum atomic E-state index is 13.0. The van der Waals surface area contributed by atoms with E-state index in [-0.39, 0.29) is 0 Å². The number of hydrogen-bond donors (Lipinski definition) is 2. The molecule has 1 heterocycles. The third-order valence-corrected chi connectivity index (χ3v) is 4.28. The largest absolute Gasteiger partial charge is 0.322 e. The Kier molecular flexibility index (Phi) is 4.24. The summed E-state index contributed by atoms with van der Waals surface area (Å²) in [7, 11) is 1.58. The lowest BCUT2D eigenvalue weighted by molar-refractivity contribution is -0.134. The van der Waals surface area contributed by atoms with Crippen LogP contribution in [0.4, 0.5) is 5.69 Å². The molecule has 0 aromatic heterocycles. The monoisotopic (exact) mass is 336 g/mol. The number of nitrogens with two attached hydrogens (primary N) is 2. The van der Waals surface area contributed by atoms with Gasteiger partial charge in [0.05, 0.1) is 17.4 Å². The Morgan fingerprint density at radius 1 is 1.12 bits per heavy atom. The number of benzene rings is 2. The summed E-state index contributed by atoms with van der Waals surface area (Å²) in [5.41, 5.74) is 12.5. The second kappa shape index (κ2) is 6.23. The number of ketones is 1. The highest BCUT2D eigenvalue weighted by Gasteiger charge is 2.47. The SMILES string of the molecule is C[C@H](N)C(=O)C1(N)N=C(c2ccccc2)c2ccccc2N(C)C1=O. The fraction of sp³-hybridized carbons (Fsp3) is 0.211. The fourth-order valence-electron chi connectivity index (χ4n) is 2.94. The molecular weight excluding hydrogens is 316 g/mol. The van der Waals surface area contributed by atoms with Crippen LogP contribution in [0.25, 0.3) is 0 Å². The molecule has 2 aromatic carbocycles. The predicted octanol–water partition coefficient (Wildman–Crippen LogP) is 1.07. The topological polar surface area (TPSA) is 102 Å². The summed E-state index contributed by atoms with van der Waals surface area (Å²) in [6.07, 6.45) is 0. The molecule has 0 saturated carbocycles. The molecule has 0 bridgehead atoms. The molecule has 25 heavy (non-hydrogen) atoms. The summed E-state index contributed by atoms with van der Waals surface area (Å²) in [4.78, 5) is 31.4. The Balaban J connectivity index is 2.32. The minimum Gasteiger partial charge on any atom is -0.322 e. The molecule has 0 radical (unpaired) electrons. The van der Waals surface area contributed by atoms with Gasteiger partial charge in [-0.2, -0.15) is 0 Å². The quantitative estimate of drug-likeness (QED) is 0.819. The van der Waals surface area contributed by atoms with E-state index in [0.29, 0.717) is 11.4 Å². The molecule has 128 valence electrons. The van der Waals surface area contributed by atoms with E-state index in [2.05, 4.69) is 4.99 Å². The first-order valence-corrected chi connectivity index (χ1v) is 7.98. The number of fused-ring (bicyclic) bond motifs is 1. The van der Waals surface area contributed by atoms with E-state index in [4.69, 9.17) is 11.5 Å². The van der Waals surface area contributed by atoms with Crippen LogP contribution >= 0.6 is 0 Å². The van der Waals surface area contributed by atoms with Crippen molar-refractivity contribution in [3.05, 3.63) is 65.7 Å². The van der Waals surface area contributed by atoms with Crippen molar-refractivity contribution in [1.82, 2.24) is 0 Å². The number of benzodiazepines with no additional fused rings is 1. The zero-order valence-corrected chi connectivity index (χ0v) is 14.1. The Hall–Kier alpha value is -2.83. The smallest absolute Gasteiger partial charge is 0.277 e. The average molecular weight is 336 g/mol. The summed E-state index contributed by atoms with van der Waals surface area (Å²) in [5.74, 6) is -1.22. The average Bonchev–Trinajstić information content (AvgIpc) is 2.72. The van der Waals surface area contributed by atoms with Gasteiger partial charge in [0, 0.05) is 18.2 Å². The predicted molar refractivity (Wildman–Crippen MR) is 97.5 cm³/mol. The van der Waals surface area contributed by atoms with Crippen molar-refractivity contribution in [3.8, 4) is 0 Å². The molecule has 6 nitrogen and oxygen atoms in total. The Labute approximate surface area is 146 Å². The molecular formula is C19H20N4O2. The molecule has 0 saturated heterocycles. The number of anilines is 1. The van der Waals surface area contributed by atoms with Crippen molar-refractivity contribution < 1.29 is 9.59 Å². The number of likely N-dealkylation sites (N-methyl/N-ethyl adjacent to an activating group) is 1. The lowest BCUT2D eigenvalue weighted by Crippen LogP contribution is -2.62. The molecule has 2 atom stereocenters. The van der Waals surface area contributed by atoms with Crippen molar-refractivity contribution in [2.45, 2.75) is 18.6 Å². The number of rotatable bonds is 3. The molecule has 6 heteroatoms. The third kappa shape index (κ3) is 2.75. The first-order valence-electron chi connectivity index (χ1n) is 7.98. The van der Waals surface area contributed by atoms with Crippen LogP contribution in [0.1, 0.15) is 18.1 Å². The lowest BCUT2D eigenvalue weighted by atomic mass is 9.98. The number of carbonyl (C=O) groups excluding carboxylic acids is 2. The first-order chi connectivity index (χ1) is 11.9. The van der Waals surface area contributed by atoms with Gasteiger partial charge in [-0.1, -0.05) is 48.5 Å². The molecule has 1 aliphatic heterocycles. The third-order valence-electron chi connectivity index (χ3n) is 4.28. The number of Topliss-reactive ketones (excluding diaryl/α,β-unsaturated/α-hetero) is 1. The van der Waals surface area contributed by atoms with Gasteiger partial charge in [0.1, 0.15) is 0 Å². The number of para-hydroxylation sites is 1. The maximum Gasteiger partial charge on any atom is 0.277 e. The summed E-state index contributed by atoms with van der Waals surface area (Å²) in [5, 5.41) is 0. The van der Waals surface area contributed by atoms with E-state index in [1.54, 1.807) is 13.1 Å². The van der Waals surface area contributed by atoms with Gasteiger partial charge in [-0.25, -0.2) is 4.99 Å². The first kappa shape index (κ1) is 17.0. The number of carbonyl (C=O) groups is 2. The van der Waals surface area contributed by atoms with Crippen LogP contribution in [0.3, 0.4) is 0 Å². The minimum absolute atomic E-state index is 0.491. The summed E-state index contributed by atoms with van der Waals surface area (Å²) < 4.78 is 0. The molecule has 4 N–H and O–H groups in total. The standard InChI is InChI=1S/C19H20N4O2/c1-12(20)17(24)19(21)18(25)23(2)15-11-7-6-10-14(15)16(22-19)13-8-4-3-5-9-13/h3-12H,20-21H2,1-2H3/t12-,19?/m0/s1. The van der Waals surface area contributed by atoms with E-state index in [0.717, 1.165) is 11.1 Å². The van der Waals surface area contributed by atoms with Crippen molar-refractivity contribution >= 4 is 23.1 Å². The summed E-state index contributed by atoms with van der Waals surface area (Å²) >= 11 is 0. The van der Waals surface area contributed by atoms with E-state index in [9.17, 15) is 9.59 Å². The van der Waals surface area contributed by atoms with Gasteiger partial charge >= 0.3 is 0 Å². The van der Waals surface area contributed by atoms with Gasteiger partial charge in [0.25, 0.3) is 5.91 Å².